The maximum Gasteiger partial charge on any atom is 0.182 e. The third-order valence-electron chi connectivity index (χ3n) is 3.88. The molecular weight excluding hydrogens is 250 g/mol. The Hall–Kier alpha value is -0.800. The summed E-state index contributed by atoms with van der Waals surface area (Å²) >= 11 is 5.89. The fraction of sp³-hybridized carbons (Fsp3) is 0.643. The largest absolute Gasteiger partial charge is 0.381 e. The molecule has 4 heteroatoms. The van der Waals surface area contributed by atoms with Crippen LogP contribution in [0.4, 0.5) is 0 Å². The number of carbonyl (C=O) groups excluding carboxylic acids is 1. The number of halogens is 1. The molecule has 0 saturated heterocycles. The normalized spacial score (nSPS) is 24.7. The summed E-state index contributed by atoms with van der Waals surface area (Å²) in [4.78, 5) is 12.0. The predicted molar refractivity (Wildman–Crippen MR) is 72.6 cm³/mol. The number of hydrogen-bond acceptors (Lipinski definition) is 2. The number of ketones is 1. The Labute approximate surface area is 113 Å². The average molecular weight is 270 g/mol. The lowest BCUT2D eigenvalue weighted by Gasteiger charge is -2.37. The molecule has 1 atom stereocenters. The van der Waals surface area contributed by atoms with Gasteiger partial charge >= 0.3 is 0 Å². The van der Waals surface area contributed by atoms with Gasteiger partial charge in [0.25, 0.3) is 0 Å². The Morgan fingerprint density at radius 2 is 2.11 bits per heavy atom. The van der Waals surface area contributed by atoms with Gasteiger partial charge in [-0.2, -0.15) is 0 Å². The molecule has 2 rings (SSSR count). The minimum atomic E-state index is -0.466. The van der Waals surface area contributed by atoms with Gasteiger partial charge in [-0.05, 0) is 39.7 Å². The van der Waals surface area contributed by atoms with Crippen LogP contribution in [0, 0.1) is 13.8 Å². The Balaban J connectivity index is 2.25. The molecule has 3 nitrogen and oxygen atoms in total. The number of Topliss-reactive ketones (excluding diaryl/α,β-unsaturated/α-hetero) is 1. The van der Waals surface area contributed by atoms with Crippen molar-refractivity contribution in [3.8, 4) is 0 Å². The van der Waals surface area contributed by atoms with E-state index in [1.807, 2.05) is 19.9 Å². The van der Waals surface area contributed by atoms with Crippen molar-refractivity contribution in [1.29, 1.82) is 0 Å². The van der Waals surface area contributed by atoms with Gasteiger partial charge in [-0.1, -0.05) is 0 Å². The van der Waals surface area contributed by atoms with Crippen LogP contribution in [0.15, 0.2) is 6.07 Å². The Kier molecular flexibility index (Phi) is 3.83. The molecule has 1 heterocycles. The number of rotatable bonds is 4. The summed E-state index contributed by atoms with van der Waals surface area (Å²) in [5.74, 6) is 0.0126. The van der Waals surface area contributed by atoms with Gasteiger partial charge in [0.1, 0.15) is 0 Å². The van der Waals surface area contributed by atoms with Crippen LogP contribution in [0.5, 0.6) is 0 Å². The smallest absolute Gasteiger partial charge is 0.182 e. The van der Waals surface area contributed by atoms with E-state index in [4.69, 9.17) is 16.3 Å². The third-order valence-corrected chi connectivity index (χ3v) is 4.08. The number of nitrogens with zero attached hydrogens (tertiary/aromatic N) is 1. The van der Waals surface area contributed by atoms with Crippen LogP contribution in [0.25, 0.3) is 0 Å². The Morgan fingerprint density at radius 1 is 1.50 bits per heavy atom. The molecule has 0 amide bonds. The first-order chi connectivity index (χ1) is 8.45. The molecule has 100 valence electrons. The highest BCUT2D eigenvalue weighted by atomic mass is 35.5. The van der Waals surface area contributed by atoms with Gasteiger partial charge in [-0.25, -0.2) is 0 Å². The van der Waals surface area contributed by atoms with Crippen LogP contribution in [-0.2, 0) is 4.74 Å². The number of methoxy groups -OCH3 is 1. The van der Waals surface area contributed by atoms with E-state index in [-0.39, 0.29) is 5.78 Å². The molecule has 1 aliphatic carbocycles. The van der Waals surface area contributed by atoms with E-state index < -0.39 is 5.38 Å². The molecule has 1 unspecified atom stereocenters. The van der Waals surface area contributed by atoms with Crippen molar-refractivity contribution in [3.05, 3.63) is 23.0 Å². The molecule has 0 aliphatic heterocycles. The van der Waals surface area contributed by atoms with Gasteiger partial charge in [-0.15, -0.1) is 11.6 Å². The maximum atomic E-state index is 12.0. The second-order valence-electron chi connectivity index (χ2n) is 5.12. The van der Waals surface area contributed by atoms with E-state index >= 15 is 0 Å². The van der Waals surface area contributed by atoms with Gasteiger partial charge in [0.15, 0.2) is 5.78 Å². The number of alkyl halides is 1. The number of aryl methyl sites for hydroxylation is 1. The van der Waals surface area contributed by atoms with E-state index in [1.165, 1.54) is 0 Å². The zero-order valence-corrected chi connectivity index (χ0v) is 12.1. The Morgan fingerprint density at radius 3 is 2.61 bits per heavy atom. The standard InChI is InChI=1S/C14H20ClNO2/c1-8-5-13(14(17)9(2)15)10(3)16(8)11-6-12(7-11)18-4/h5,9,11-12H,6-7H2,1-4H3. The van der Waals surface area contributed by atoms with E-state index in [0.29, 0.717) is 12.1 Å². The monoisotopic (exact) mass is 269 g/mol. The molecule has 1 saturated carbocycles. The SMILES string of the molecule is COC1CC(n2c(C)cc(C(=O)C(C)Cl)c2C)C1. The summed E-state index contributed by atoms with van der Waals surface area (Å²) < 4.78 is 7.56. The zero-order valence-electron chi connectivity index (χ0n) is 11.4. The summed E-state index contributed by atoms with van der Waals surface area (Å²) in [5, 5.41) is -0.466. The number of hydrogen-bond donors (Lipinski definition) is 0. The molecule has 1 aromatic rings. The highest BCUT2D eigenvalue weighted by Gasteiger charge is 2.33. The minimum Gasteiger partial charge on any atom is -0.381 e. The second kappa shape index (κ2) is 5.06. The van der Waals surface area contributed by atoms with E-state index in [1.54, 1.807) is 14.0 Å². The first-order valence-electron chi connectivity index (χ1n) is 6.35. The molecule has 0 spiro atoms. The topological polar surface area (TPSA) is 31.2 Å². The van der Waals surface area contributed by atoms with Crippen molar-refractivity contribution in [3.63, 3.8) is 0 Å². The number of aromatic nitrogens is 1. The lowest BCUT2D eigenvalue weighted by atomic mass is 9.88. The second-order valence-corrected chi connectivity index (χ2v) is 5.77. The van der Waals surface area contributed by atoms with Gasteiger partial charge in [0.2, 0.25) is 0 Å². The van der Waals surface area contributed by atoms with Crippen LogP contribution < -0.4 is 0 Å². The molecule has 0 N–H and O–H groups in total. The molecule has 18 heavy (non-hydrogen) atoms. The summed E-state index contributed by atoms with van der Waals surface area (Å²) in [6, 6.07) is 2.42. The maximum absolute atomic E-state index is 12.0. The van der Waals surface area contributed by atoms with Crippen molar-refractivity contribution >= 4 is 17.4 Å². The number of carbonyl (C=O) groups is 1. The summed E-state index contributed by atoms with van der Waals surface area (Å²) in [6.45, 7) is 5.77. The van der Waals surface area contributed by atoms with Crippen molar-refractivity contribution in [2.24, 2.45) is 0 Å². The van der Waals surface area contributed by atoms with Crippen molar-refractivity contribution < 1.29 is 9.53 Å². The van der Waals surface area contributed by atoms with Crippen molar-refractivity contribution in [2.75, 3.05) is 7.11 Å². The summed E-state index contributed by atoms with van der Waals surface area (Å²) in [6.07, 6.45) is 2.41. The van der Waals surface area contributed by atoms with Crippen LogP contribution >= 0.6 is 11.6 Å². The zero-order chi connectivity index (χ0) is 13.4. The number of ether oxygens (including phenoxy) is 1. The average Bonchev–Trinajstić information content (AvgIpc) is 2.54. The highest BCUT2D eigenvalue weighted by molar-refractivity contribution is 6.33. The van der Waals surface area contributed by atoms with Crippen LogP contribution in [0.1, 0.15) is 47.6 Å². The quantitative estimate of drug-likeness (QED) is 0.621. The van der Waals surface area contributed by atoms with Crippen LogP contribution in [-0.4, -0.2) is 28.9 Å². The molecule has 1 aromatic heterocycles. The van der Waals surface area contributed by atoms with Gasteiger partial charge in [-0.3, -0.25) is 4.79 Å². The molecule has 1 aliphatic rings. The minimum absolute atomic E-state index is 0.0126. The molecule has 0 radical (unpaired) electrons. The summed E-state index contributed by atoms with van der Waals surface area (Å²) in [5.41, 5.74) is 2.92. The first kappa shape index (κ1) is 13.6. The lowest BCUT2D eigenvalue weighted by Crippen LogP contribution is -2.33. The summed E-state index contributed by atoms with van der Waals surface area (Å²) in [7, 11) is 1.75. The molecular formula is C14H20ClNO2. The lowest BCUT2D eigenvalue weighted by molar-refractivity contribution is 0.00524. The molecule has 0 bridgehead atoms. The van der Waals surface area contributed by atoms with Crippen LogP contribution in [0.3, 0.4) is 0 Å². The van der Waals surface area contributed by atoms with E-state index in [0.717, 1.165) is 29.8 Å². The fourth-order valence-electron chi connectivity index (χ4n) is 2.74. The molecule has 0 aromatic carbocycles. The van der Waals surface area contributed by atoms with Gasteiger partial charge < -0.3 is 9.30 Å². The Bertz CT molecular complexity index is 459. The highest BCUT2D eigenvalue weighted by Crippen LogP contribution is 2.37. The van der Waals surface area contributed by atoms with E-state index in [2.05, 4.69) is 4.57 Å². The van der Waals surface area contributed by atoms with Crippen LogP contribution in [0.2, 0.25) is 0 Å². The van der Waals surface area contributed by atoms with Gasteiger partial charge in [0, 0.05) is 30.1 Å². The van der Waals surface area contributed by atoms with Crippen molar-refractivity contribution in [2.45, 2.75) is 51.1 Å². The molecule has 1 fully saturated rings. The van der Waals surface area contributed by atoms with E-state index in [9.17, 15) is 4.79 Å². The third kappa shape index (κ3) is 2.21. The van der Waals surface area contributed by atoms with Gasteiger partial charge in [0.05, 0.1) is 11.5 Å². The first-order valence-corrected chi connectivity index (χ1v) is 6.78. The fourth-order valence-corrected chi connectivity index (χ4v) is 2.86. The predicted octanol–water partition coefficient (Wildman–Crippen LogP) is 3.26. The van der Waals surface area contributed by atoms with Crippen molar-refractivity contribution in [1.82, 2.24) is 4.57 Å².